The Morgan fingerprint density at radius 1 is 1.42 bits per heavy atom. The van der Waals surface area contributed by atoms with Crippen molar-refractivity contribution >= 4 is 16.7 Å². The van der Waals surface area contributed by atoms with Crippen molar-refractivity contribution < 1.29 is 9.53 Å². The molecule has 1 unspecified atom stereocenters. The van der Waals surface area contributed by atoms with Crippen molar-refractivity contribution in [3.05, 3.63) is 46.4 Å². The highest BCUT2D eigenvalue weighted by Gasteiger charge is 2.14. The molecule has 1 heterocycles. The summed E-state index contributed by atoms with van der Waals surface area (Å²) in [6.07, 6.45) is 2.07. The summed E-state index contributed by atoms with van der Waals surface area (Å²) in [5.41, 5.74) is 6.49. The molecule has 1 aromatic heterocycles. The molecule has 0 aliphatic rings. The number of esters is 1. The Bertz CT molecular complexity index is 676. The second-order valence-electron chi connectivity index (χ2n) is 4.49. The summed E-state index contributed by atoms with van der Waals surface area (Å²) < 4.78 is 6.10. The van der Waals surface area contributed by atoms with E-state index in [1.54, 1.807) is 19.3 Å². The summed E-state index contributed by atoms with van der Waals surface area (Å²) in [5.74, 6) is -0.457. The van der Waals surface area contributed by atoms with Gasteiger partial charge in [-0.15, -0.1) is 0 Å². The number of rotatable bonds is 3. The zero-order valence-electron chi connectivity index (χ0n) is 10.9. The maximum Gasteiger partial charge on any atom is 0.322 e. The number of nitrogens with zero attached hydrogens (tertiary/aromatic N) is 1. The SMILES string of the molecule is COC(=O)C(N)Cc1ccc2ccn(C)c(=O)c2c1. The van der Waals surface area contributed by atoms with E-state index in [4.69, 9.17) is 5.73 Å². The lowest BCUT2D eigenvalue weighted by Gasteiger charge is -2.10. The Balaban J connectivity index is 2.39. The lowest BCUT2D eigenvalue weighted by Crippen LogP contribution is -2.33. The molecule has 1 aromatic carbocycles. The van der Waals surface area contributed by atoms with Crippen LogP contribution in [-0.4, -0.2) is 23.7 Å². The Labute approximate surface area is 110 Å². The van der Waals surface area contributed by atoms with Crippen LogP contribution in [0.2, 0.25) is 0 Å². The summed E-state index contributed by atoms with van der Waals surface area (Å²) in [6.45, 7) is 0. The highest BCUT2D eigenvalue weighted by Crippen LogP contribution is 2.13. The van der Waals surface area contributed by atoms with Crippen LogP contribution in [-0.2, 0) is 23.0 Å². The van der Waals surface area contributed by atoms with Crippen molar-refractivity contribution in [3.63, 3.8) is 0 Å². The van der Waals surface area contributed by atoms with Crippen LogP contribution in [0, 0.1) is 0 Å². The Morgan fingerprint density at radius 3 is 2.84 bits per heavy atom. The summed E-state index contributed by atoms with van der Waals surface area (Å²) in [5, 5.41) is 1.50. The van der Waals surface area contributed by atoms with Gasteiger partial charge in [0.25, 0.3) is 5.56 Å². The van der Waals surface area contributed by atoms with Crippen LogP contribution in [0.25, 0.3) is 10.8 Å². The minimum Gasteiger partial charge on any atom is -0.468 e. The van der Waals surface area contributed by atoms with E-state index < -0.39 is 12.0 Å². The van der Waals surface area contributed by atoms with Crippen LogP contribution < -0.4 is 11.3 Å². The number of aryl methyl sites for hydroxylation is 1. The lowest BCUT2D eigenvalue weighted by molar-refractivity contribution is -0.142. The van der Waals surface area contributed by atoms with Gasteiger partial charge >= 0.3 is 5.97 Å². The first-order valence-electron chi connectivity index (χ1n) is 5.94. The number of methoxy groups -OCH3 is 1. The van der Waals surface area contributed by atoms with Gasteiger partial charge in [-0.05, 0) is 29.5 Å². The van der Waals surface area contributed by atoms with Gasteiger partial charge in [0.05, 0.1) is 7.11 Å². The molecule has 19 heavy (non-hydrogen) atoms. The molecule has 0 amide bonds. The van der Waals surface area contributed by atoms with Gasteiger partial charge in [-0.1, -0.05) is 12.1 Å². The van der Waals surface area contributed by atoms with Gasteiger partial charge in [0.1, 0.15) is 6.04 Å². The van der Waals surface area contributed by atoms with Gasteiger partial charge in [0, 0.05) is 18.6 Å². The molecule has 100 valence electrons. The Morgan fingerprint density at radius 2 is 2.16 bits per heavy atom. The quantitative estimate of drug-likeness (QED) is 0.819. The largest absolute Gasteiger partial charge is 0.468 e. The zero-order chi connectivity index (χ0) is 14.0. The normalized spacial score (nSPS) is 12.4. The van der Waals surface area contributed by atoms with Crippen molar-refractivity contribution in [1.82, 2.24) is 4.57 Å². The fraction of sp³-hybridized carbons (Fsp3) is 0.286. The van der Waals surface area contributed by atoms with E-state index >= 15 is 0 Å². The summed E-state index contributed by atoms with van der Waals surface area (Å²) in [4.78, 5) is 23.3. The third-order valence-corrected chi connectivity index (χ3v) is 3.11. The number of carbonyl (C=O) groups is 1. The number of pyridine rings is 1. The lowest BCUT2D eigenvalue weighted by atomic mass is 10.0. The topological polar surface area (TPSA) is 74.3 Å². The van der Waals surface area contributed by atoms with E-state index in [0.29, 0.717) is 11.8 Å². The van der Waals surface area contributed by atoms with Gasteiger partial charge in [0.2, 0.25) is 0 Å². The molecule has 5 nitrogen and oxygen atoms in total. The van der Waals surface area contributed by atoms with Gasteiger partial charge in [-0.25, -0.2) is 0 Å². The van der Waals surface area contributed by atoms with Gasteiger partial charge in [-0.3, -0.25) is 9.59 Å². The third kappa shape index (κ3) is 2.66. The molecule has 2 aromatic rings. The Hall–Kier alpha value is -2.14. The minimum absolute atomic E-state index is 0.0639. The number of aromatic nitrogens is 1. The van der Waals surface area contributed by atoms with Crippen LogP contribution in [0.1, 0.15) is 5.56 Å². The first-order chi connectivity index (χ1) is 9.02. The van der Waals surface area contributed by atoms with E-state index in [-0.39, 0.29) is 5.56 Å². The second-order valence-corrected chi connectivity index (χ2v) is 4.49. The van der Waals surface area contributed by atoms with E-state index in [1.807, 2.05) is 18.2 Å². The average Bonchev–Trinajstić information content (AvgIpc) is 2.42. The van der Waals surface area contributed by atoms with Crippen LogP contribution in [0.5, 0.6) is 0 Å². The molecule has 0 saturated heterocycles. The fourth-order valence-corrected chi connectivity index (χ4v) is 2.00. The van der Waals surface area contributed by atoms with E-state index in [1.165, 1.54) is 11.7 Å². The van der Waals surface area contributed by atoms with Crippen molar-refractivity contribution in [2.45, 2.75) is 12.5 Å². The molecule has 2 rings (SSSR count). The van der Waals surface area contributed by atoms with Crippen LogP contribution in [0.4, 0.5) is 0 Å². The number of fused-ring (bicyclic) bond motifs is 1. The monoisotopic (exact) mass is 260 g/mol. The minimum atomic E-state index is -0.713. The third-order valence-electron chi connectivity index (χ3n) is 3.11. The van der Waals surface area contributed by atoms with E-state index in [0.717, 1.165) is 10.9 Å². The van der Waals surface area contributed by atoms with Crippen molar-refractivity contribution in [2.24, 2.45) is 12.8 Å². The molecule has 2 N–H and O–H groups in total. The number of ether oxygens (including phenoxy) is 1. The number of carbonyl (C=O) groups excluding carboxylic acids is 1. The summed E-state index contributed by atoms with van der Waals surface area (Å²) in [6, 6.07) is 6.66. The van der Waals surface area contributed by atoms with E-state index in [2.05, 4.69) is 4.74 Å². The van der Waals surface area contributed by atoms with Crippen LogP contribution >= 0.6 is 0 Å². The molecule has 5 heteroatoms. The summed E-state index contributed by atoms with van der Waals surface area (Å²) in [7, 11) is 3.01. The smallest absolute Gasteiger partial charge is 0.322 e. The van der Waals surface area contributed by atoms with Gasteiger partial charge in [0.15, 0.2) is 0 Å². The number of nitrogens with two attached hydrogens (primary N) is 1. The van der Waals surface area contributed by atoms with Crippen molar-refractivity contribution in [3.8, 4) is 0 Å². The molecule has 0 spiro atoms. The molecule has 0 aliphatic carbocycles. The predicted molar refractivity (Wildman–Crippen MR) is 72.9 cm³/mol. The number of hydrogen-bond donors (Lipinski definition) is 1. The maximum absolute atomic E-state index is 12.0. The van der Waals surface area contributed by atoms with Crippen LogP contribution in [0.15, 0.2) is 35.3 Å². The molecule has 0 radical (unpaired) electrons. The average molecular weight is 260 g/mol. The number of benzene rings is 1. The van der Waals surface area contributed by atoms with Crippen LogP contribution in [0.3, 0.4) is 0 Å². The zero-order valence-corrected chi connectivity index (χ0v) is 10.9. The van der Waals surface area contributed by atoms with Crippen molar-refractivity contribution in [1.29, 1.82) is 0 Å². The molecule has 0 aliphatic heterocycles. The Kier molecular flexibility index (Phi) is 3.66. The predicted octanol–water partition coefficient (Wildman–Crippen LogP) is 0.581. The molecular formula is C14H16N2O3. The molecule has 0 bridgehead atoms. The molecule has 0 saturated carbocycles. The first kappa shape index (κ1) is 13.3. The maximum atomic E-state index is 12.0. The highest BCUT2D eigenvalue weighted by molar-refractivity contribution is 5.82. The fourth-order valence-electron chi connectivity index (χ4n) is 2.00. The van der Waals surface area contributed by atoms with Crippen molar-refractivity contribution in [2.75, 3.05) is 7.11 Å². The second kappa shape index (κ2) is 5.24. The molecule has 1 atom stereocenters. The standard InChI is InChI=1S/C14H16N2O3/c1-16-6-5-10-4-3-9(7-11(10)13(16)17)8-12(15)14(18)19-2/h3-7,12H,8,15H2,1-2H3. The molecule has 0 fully saturated rings. The van der Waals surface area contributed by atoms with Gasteiger partial charge < -0.3 is 15.0 Å². The first-order valence-corrected chi connectivity index (χ1v) is 5.94. The number of hydrogen-bond acceptors (Lipinski definition) is 4. The molecular weight excluding hydrogens is 244 g/mol. The van der Waals surface area contributed by atoms with Gasteiger partial charge in [-0.2, -0.15) is 0 Å². The van der Waals surface area contributed by atoms with E-state index in [9.17, 15) is 9.59 Å². The highest BCUT2D eigenvalue weighted by atomic mass is 16.5. The summed E-state index contributed by atoms with van der Waals surface area (Å²) >= 11 is 0.